The first kappa shape index (κ1) is 15.1. The number of esters is 1. The summed E-state index contributed by atoms with van der Waals surface area (Å²) in [6.07, 6.45) is 0.856. The molecule has 2 aromatic rings. The molecule has 3 rings (SSSR count). The van der Waals surface area contributed by atoms with Crippen molar-refractivity contribution >= 4 is 50.6 Å². The van der Waals surface area contributed by atoms with Gasteiger partial charge in [-0.15, -0.1) is 11.3 Å². The monoisotopic (exact) mass is 343 g/mol. The van der Waals surface area contributed by atoms with E-state index in [1.807, 2.05) is 14.0 Å². The third-order valence-corrected chi connectivity index (χ3v) is 5.69. The second-order valence-corrected chi connectivity index (χ2v) is 6.98. The van der Waals surface area contributed by atoms with Gasteiger partial charge >= 0.3 is 5.97 Å². The molecule has 0 unspecified atom stereocenters. The van der Waals surface area contributed by atoms with Crippen molar-refractivity contribution in [2.75, 3.05) is 20.2 Å². The van der Waals surface area contributed by atoms with E-state index in [9.17, 15) is 4.79 Å². The molecule has 0 saturated carbocycles. The summed E-state index contributed by atoms with van der Waals surface area (Å²) in [4.78, 5) is 15.1. The van der Waals surface area contributed by atoms with E-state index in [1.54, 1.807) is 6.07 Å². The van der Waals surface area contributed by atoms with Crippen molar-refractivity contribution in [2.24, 2.45) is 0 Å². The number of likely N-dealkylation sites (N-methyl/N-ethyl adjacent to an activating group) is 1. The minimum atomic E-state index is -0.276. The molecule has 2 heterocycles. The summed E-state index contributed by atoms with van der Waals surface area (Å²) in [7, 11) is 2.04. The molecule has 0 bridgehead atoms. The van der Waals surface area contributed by atoms with Crippen LogP contribution < -0.4 is 0 Å². The highest BCUT2D eigenvalue weighted by Crippen LogP contribution is 2.43. The van der Waals surface area contributed by atoms with Gasteiger partial charge in [0.15, 0.2) is 0 Å². The largest absolute Gasteiger partial charge is 0.462 e. The second-order valence-electron chi connectivity index (χ2n) is 5.14. The van der Waals surface area contributed by atoms with Gasteiger partial charge in [-0.1, -0.05) is 23.2 Å². The van der Waals surface area contributed by atoms with Crippen LogP contribution in [-0.4, -0.2) is 31.1 Å². The number of hydrogen-bond donors (Lipinski definition) is 0. The van der Waals surface area contributed by atoms with Gasteiger partial charge in [0.2, 0.25) is 0 Å². The molecule has 1 aromatic carbocycles. The van der Waals surface area contributed by atoms with Crippen molar-refractivity contribution in [1.29, 1.82) is 0 Å². The molecular weight excluding hydrogens is 329 g/mol. The molecular formula is C15H15Cl2NO2S. The Morgan fingerprint density at radius 3 is 2.86 bits per heavy atom. The molecule has 0 aliphatic carbocycles. The van der Waals surface area contributed by atoms with E-state index in [2.05, 4.69) is 4.90 Å². The summed E-state index contributed by atoms with van der Waals surface area (Å²) in [6.45, 7) is 3.78. The van der Waals surface area contributed by atoms with Gasteiger partial charge < -0.3 is 9.64 Å². The predicted octanol–water partition coefficient (Wildman–Crippen LogP) is 4.37. The molecule has 0 N–H and O–H groups in total. The Bertz CT molecular complexity index is 726. The summed E-state index contributed by atoms with van der Waals surface area (Å²) >= 11 is 14.1. The SMILES string of the molecule is CCOC(=O)c1sc2c(Cl)cc(Cl)c3c2c1CN(C)CC3. The standard InChI is InChI=1S/C15H15Cl2NO2S/c1-3-20-15(19)13-9-7-18(2)5-4-8-10(16)6-11(17)14(21-13)12(8)9/h6H,3-5,7H2,1-2H3. The van der Waals surface area contributed by atoms with Gasteiger partial charge in [0.25, 0.3) is 0 Å². The Balaban J connectivity index is 2.31. The molecule has 0 amide bonds. The van der Waals surface area contributed by atoms with E-state index in [0.29, 0.717) is 28.1 Å². The number of ether oxygens (including phenoxy) is 1. The number of halogens is 2. The summed E-state index contributed by atoms with van der Waals surface area (Å²) in [5.74, 6) is -0.276. The third kappa shape index (κ3) is 2.55. The minimum Gasteiger partial charge on any atom is -0.462 e. The van der Waals surface area contributed by atoms with Crippen LogP contribution in [0.4, 0.5) is 0 Å². The van der Waals surface area contributed by atoms with Gasteiger partial charge in [0.05, 0.1) is 16.3 Å². The number of benzene rings is 1. The van der Waals surface area contributed by atoms with E-state index in [4.69, 9.17) is 27.9 Å². The maximum absolute atomic E-state index is 12.2. The topological polar surface area (TPSA) is 29.5 Å². The molecule has 0 saturated heterocycles. The van der Waals surface area contributed by atoms with Crippen LogP contribution in [0.2, 0.25) is 10.0 Å². The predicted molar refractivity (Wildman–Crippen MR) is 87.8 cm³/mol. The van der Waals surface area contributed by atoms with E-state index < -0.39 is 0 Å². The molecule has 21 heavy (non-hydrogen) atoms. The molecule has 1 aliphatic rings. The van der Waals surface area contributed by atoms with Gasteiger partial charge in [-0.3, -0.25) is 0 Å². The molecule has 3 nitrogen and oxygen atoms in total. The normalized spacial score (nSPS) is 15.2. The van der Waals surface area contributed by atoms with Gasteiger partial charge in [-0.2, -0.15) is 0 Å². The van der Waals surface area contributed by atoms with Gasteiger partial charge in [0.1, 0.15) is 4.88 Å². The summed E-state index contributed by atoms with van der Waals surface area (Å²) in [5.41, 5.74) is 2.08. The van der Waals surface area contributed by atoms with Gasteiger partial charge in [-0.25, -0.2) is 4.79 Å². The number of thiophene rings is 1. The van der Waals surface area contributed by atoms with Crippen molar-refractivity contribution in [3.05, 3.63) is 32.1 Å². The van der Waals surface area contributed by atoms with E-state index >= 15 is 0 Å². The van der Waals surface area contributed by atoms with Crippen molar-refractivity contribution in [1.82, 2.24) is 4.90 Å². The molecule has 0 radical (unpaired) electrons. The lowest BCUT2D eigenvalue weighted by Crippen LogP contribution is -2.19. The second kappa shape index (κ2) is 5.76. The fourth-order valence-corrected chi connectivity index (χ4v) is 4.56. The maximum Gasteiger partial charge on any atom is 0.348 e. The highest BCUT2D eigenvalue weighted by molar-refractivity contribution is 7.21. The average molecular weight is 344 g/mol. The molecule has 0 spiro atoms. The van der Waals surface area contributed by atoms with Crippen molar-refractivity contribution in [3.8, 4) is 0 Å². The Morgan fingerprint density at radius 2 is 2.14 bits per heavy atom. The molecule has 1 aromatic heterocycles. The highest BCUT2D eigenvalue weighted by atomic mass is 35.5. The number of carbonyl (C=O) groups excluding carboxylic acids is 1. The number of carbonyl (C=O) groups is 1. The van der Waals surface area contributed by atoms with Crippen LogP contribution in [0.1, 0.15) is 27.7 Å². The van der Waals surface area contributed by atoms with Crippen molar-refractivity contribution in [3.63, 3.8) is 0 Å². The van der Waals surface area contributed by atoms with E-state index in [-0.39, 0.29) is 5.97 Å². The Labute approximate surface area is 137 Å². The lowest BCUT2D eigenvalue weighted by atomic mass is 10.0. The molecule has 112 valence electrons. The molecule has 0 atom stereocenters. The zero-order chi connectivity index (χ0) is 15.1. The van der Waals surface area contributed by atoms with E-state index in [0.717, 1.165) is 34.2 Å². The first-order valence-electron chi connectivity index (χ1n) is 6.80. The first-order valence-corrected chi connectivity index (χ1v) is 8.38. The van der Waals surface area contributed by atoms with Gasteiger partial charge in [0, 0.05) is 23.5 Å². The number of nitrogens with zero attached hydrogens (tertiary/aromatic N) is 1. The first-order chi connectivity index (χ1) is 10.0. The van der Waals surface area contributed by atoms with Crippen molar-refractivity contribution < 1.29 is 9.53 Å². The fraction of sp³-hybridized carbons (Fsp3) is 0.400. The highest BCUT2D eigenvalue weighted by Gasteiger charge is 2.27. The van der Waals surface area contributed by atoms with Gasteiger partial charge in [-0.05, 0) is 37.6 Å². The Hall–Kier alpha value is -0.810. The average Bonchev–Trinajstić information content (AvgIpc) is 2.70. The number of rotatable bonds is 2. The zero-order valence-electron chi connectivity index (χ0n) is 11.8. The molecule has 0 fully saturated rings. The van der Waals surface area contributed by atoms with Crippen LogP contribution in [0.15, 0.2) is 6.07 Å². The molecule has 6 heteroatoms. The quantitative estimate of drug-likeness (QED) is 0.758. The Kier molecular flexibility index (Phi) is 4.14. The smallest absolute Gasteiger partial charge is 0.348 e. The Morgan fingerprint density at radius 1 is 1.38 bits per heavy atom. The summed E-state index contributed by atoms with van der Waals surface area (Å²) < 4.78 is 6.12. The third-order valence-electron chi connectivity index (χ3n) is 3.70. The van der Waals surface area contributed by atoms with Crippen molar-refractivity contribution in [2.45, 2.75) is 19.9 Å². The fourth-order valence-electron chi connectivity index (χ4n) is 2.74. The van der Waals surface area contributed by atoms with Crippen LogP contribution in [-0.2, 0) is 17.7 Å². The molecule has 1 aliphatic heterocycles. The van der Waals surface area contributed by atoms with Crippen LogP contribution in [0.3, 0.4) is 0 Å². The zero-order valence-corrected chi connectivity index (χ0v) is 14.2. The van der Waals surface area contributed by atoms with Crippen LogP contribution in [0.25, 0.3) is 10.1 Å². The summed E-state index contributed by atoms with van der Waals surface area (Å²) in [6, 6.07) is 1.78. The lowest BCUT2D eigenvalue weighted by molar-refractivity contribution is 0.0530. The van der Waals surface area contributed by atoms with Crippen LogP contribution in [0.5, 0.6) is 0 Å². The number of hydrogen-bond acceptors (Lipinski definition) is 4. The maximum atomic E-state index is 12.2. The van der Waals surface area contributed by atoms with Crippen LogP contribution in [0, 0.1) is 0 Å². The summed E-state index contributed by atoms with van der Waals surface area (Å²) in [5, 5.41) is 2.33. The van der Waals surface area contributed by atoms with Crippen LogP contribution >= 0.6 is 34.5 Å². The van der Waals surface area contributed by atoms with E-state index in [1.165, 1.54) is 11.3 Å². The lowest BCUT2D eigenvalue weighted by Gasteiger charge is -2.13. The minimum absolute atomic E-state index is 0.276.